The number of nitrogens with zero attached hydrogens (tertiary/aromatic N) is 3. The average molecular weight is 542 g/mol. The van der Waals surface area contributed by atoms with Crippen LogP contribution in [-0.4, -0.2) is 9.49 Å². The fourth-order valence-electron chi connectivity index (χ4n) is 5.11. The predicted octanol–water partition coefficient (Wildman–Crippen LogP) is 5.67. The van der Waals surface area contributed by atoms with E-state index in [4.69, 9.17) is 4.99 Å². The molecule has 0 saturated carbocycles. The quantitative estimate of drug-likeness (QED) is 0.247. The Morgan fingerprint density at radius 1 is 0.897 bits per heavy atom. The molecular formula is C30H21F2N3O3S. The molecule has 0 fully saturated rings. The highest BCUT2D eigenvalue weighted by Gasteiger charge is 2.32. The second kappa shape index (κ2) is 9.99. The standard InChI is InChI=1S/C30H21F2N3O3S/c31-22-10-4-18(5-11-22)16-21-2-1-3-25-27(21)33-30-34(28(25)20-8-12-23(32)13-9-20)29(36)26(39-30)17-19-6-14-24(15-7-19)35(37)38/h4-17,28H,1-3H2/b21-16-,26-17-. The number of hydrogen-bond acceptors (Lipinski definition) is 5. The van der Waals surface area contributed by atoms with Gasteiger partial charge in [0.15, 0.2) is 4.80 Å². The minimum Gasteiger partial charge on any atom is -0.272 e. The van der Waals surface area contributed by atoms with Crippen molar-refractivity contribution in [2.45, 2.75) is 25.3 Å². The number of nitro groups is 1. The van der Waals surface area contributed by atoms with Gasteiger partial charge in [-0.05, 0) is 95.6 Å². The minimum absolute atomic E-state index is 0.0296. The fourth-order valence-corrected chi connectivity index (χ4v) is 6.11. The summed E-state index contributed by atoms with van der Waals surface area (Å²) >= 11 is 1.24. The van der Waals surface area contributed by atoms with E-state index in [1.165, 1.54) is 47.7 Å². The van der Waals surface area contributed by atoms with Gasteiger partial charge >= 0.3 is 0 Å². The van der Waals surface area contributed by atoms with Gasteiger partial charge in [-0.25, -0.2) is 13.8 Å². The molecule has 1 atom stereocenters. The molecule has 0 amide bonds. The monoisotopic (exact) mass is 541 g/mol. The summed E-state index contributed by atoms with van der Waals surface area (Å²) in [6.07, 6.45) is 6.07. The Morgan fingerprint density at radius 3 is 2.18 bits per heavy atom. The van der Waals surface area contributed by atoms with Gasteiger partial charge in [0.25, 0.3) is 11.2 Å². The van der Waals surface area contributed by atoms with E-state index >= 15 is 0 Å². The van der Waals surface area contributed by atoms with Gasteiger partial charge in [0.1, 0.15) is 11.6 Å². The molecule has 0 bridgehead atoms. The number of aromatic nitrogens is 1. The van der Waals surface area contributed by atoms with Crippen LogP contribution >= 0.6 is 11.3 Å². The molecule has 0 radical (unpaired) electrons. The van der Waals surface area contributed by atoms with Crippen LogP contribution in [0.5, 0.6) is 0 Å². The summed E-state index contributed by atoms with van der Waals surface area (Å²) in [5.41, 5.74) is 4.83. The van der Waals surface area contributed by atoms with Crippen molar-refractivity contribution in [3.8, 4) is 0 Å². The predicted molar refractivity (Wildman–Crippen MR) is 146 cm³/mol. The lowest BCUT2D eigenvalue weighted by Gasteiger charge is -2.31. The number of nitro benzene ring substituents is 1. The molecule has 194 valence electrons. The molecule has 1 aliphatic carbocycles. The summed E-state index contributed by atoms with van der Waals surface area (Å²) < 4.78 is 29.4. The number of allylic oxidation sites excluding steroid dienone is 2. The number of benzene rings is 3. The maximum atomic E-state index is 13.8. The lowest BCUT2D eigenvalue weighted by Crippen LogP contribution is -2.39. The molecular weight excluding hydrogens is 520 g/mol. The normalized spacial score (nSPS) is 18.1. The van der Waals surface area contributed by atoms with Crippen LogP contribution in [0.4, 0.5) is 14.5 Å². The average Bonchev–Trinajstić information content (AvgIpc) is 3.24. The molecule has 0 saturated heterocycles. The molecule has 6 rings (SSSR count). The largest absolute Gasteiger partial charge is 0.272 e. The Balaban J connectivity index is 1.54. The van der Waals surface area contributed by atoms with E-state index in [-0.39, 0.29) is 22.9 Å². The van der Waals surface area contributed by atoms with Crippen molar-refractivity contribution in [2.75, 3.05) is 0 Å². The number of rotatable bonds is 4. The third kappa shape index (κ3) is 4.77. The van der Waals surface area contributed by atoms with Crippen molar-refractivity contribution in [1.82, 2.24) is 4.57 Å². The molecule has 0 N–H and O–H groups in total. The van der Waals surface area contributed by atoms with Crippen LogP contribution in [0.1, 0.15) is 42.0 Å². The van der Waals surface area contributed by atoms with Gasteiger partial charge in [0, 0.05) is 12.1 Å². The molecule has 4 aromatic rings. The molecule has 39 heavy (non-hydrogen) atoms. The van der Waals surface area contributed by atoms with Gasteiger partial charge in [-0.2, -0.15) is 0 Å². The van der Waals surface area contributed by atoms with Crippen molar-refractivity contribution in [2.24, 2.45) is 4.99 Å². The van der Waals surface area contributed by atoms with Crippen LogP contribution < -0.4 is 14.9 Å². The first-order valence-electron chi connectivity index (χ1n) is 12.4. The smallest absolute Gasteiger partial charge is 0.271 e. The van der Waals surface area contributed by atoms with Gasteiger partial charge in [0.05, 0.1) is 21.2 Å². The van der Waals surface area contributed by atoms with Gasteiger partial charge in [-0.15, -0.1) is 0 Å². The second-order valence-corrected chi connectivity index (χ2v) is 10.4. The maximum absolute atomic E-state index is 13.8. The van der Waals surface area contributed by atoms with Crippen LogP contribution in [-0.2, 0) is 0 Å². The molecule has 9 heteroatoms. The topological polar surface area (TPSA) is 77.5 Å². The SMILES string of the molecule is O=c1/c(=C/c2ccc([N+](=O)[O-])cc2)sc2n1C(c1ccc(F)cc1)C1=C(N=2)/C(=C\c2ccc(F)cc2)CCC1. The summed E-state index contributed by atoms with van der Waals surface area (Å²) in [5.74, 6) is -0.669. The third-order valence-corrected chi connectivity index (χ3v) is 7.91. The van der Waals surface area contributed by atoms with Crippen molar-refractivity contribution in [3.05, 3.63) is 148 Å². The highest BCUT2D eigenvalue weighted by atomic mass is 32.1. The fraction of sp³-hybridized carbons (Fsp3) is 0.133. The summed E-state index contributed by atoms with van der Waals surface area (Å²) in [7, 11) is 0. The highest BCUT2D eigenvalue weighted by Crippen LogP contribution is 2.41. The zero-order valence-electron chi connectivity index (χ0n) is 20.5. The minimum atomic E-state index is -0.470. The summed E-state index contributed by atoms with van der Waals surface area (Å²) in [6.45, 7) is 0. The lowest BCUT2D eigenvalue weighted by atomic mass is 9.84. The van der Waals surface area contributed by atoms with E-state index in [1.54, 1.807) is 47.0 Å². The zero-order chi connectivity index (χ0) is 27.1. The van der Waals surface area contributed by atoms with Crippen LogP contribution in [0.25, 0.3) is 12.2 Å². The van der Waals surface area contributed by atoms with Gasteiger partial charge in [-0.1, -0.05) is 35.6 Å². The van der Waals surface area contributed by atoms with Crippen molar-refractivity contribution in [3.63, 3.8) is 0 Å². The Bertz CT molecular complexity index is 1840. The number of thiazole rings is 1. The summed E-state index contributed by atoms with van der Waals surface area (Å²) in [5, 5.41) is 11.0. The Kier molecular flexibility index (Phi) is 6.36. The third-order valence-electron chi connectivity index (χ3n) is 6.93. The van der Waals surface area contributed by atoms with E-state index in [2.05, 4.69) is 0 Å². The zero-order valence-corrected chi connectivity index (χ0v) is 21.3. The van der Waals surface area contributed by atoms with E-state index in [0.29, 0.717) is 14.9 Å². The van der Waals surface area contributed by atoms with Gasteiger partial charge < -0.3 is 0 Å². The molecule has 6 nitrogen and oxygen atoms in total. The maximum Gasteiger partial charge on any atom is 0.271 e. The highest BCUT2D eigenvalue weighted by molar-refractivity contribution is 7.07. The number of hydrogen-bond donors (Lipinski definition) is 0. The Morgan fingerprint density at radius 2 is 1.51 bits per heavy atom. The number of fused-ring (bicyclic) bond motifs is 1. The number of halogens is 2. The van der Waals surface area contributed by atoms with E-state index in [1.807, 2.05) is 6.08 Å². The van der Waals surface area contributed by atoms with E-state index in [9.17, 15) is 23.7 Å². The molecule has 2 aliphatic rings. The van der Waals surface area contributed by atoms with E-state index < -0.39 is 11.0 Å². The number of non-ortho nitro benzene ring substituents is 1. The Labute approximate surface area is 225 Å². The molecule has 1 unspecified atom stereocenters. The molecule has 1 aliphatic heterocycles. The van der Waals surface area contributed by atoms with Crippen LogP contribution in [0.2, 0.25) is 0 Å². The van der Waals surface area contributed by atoms with Crippen LogP contribution in [0.3, 0.4) is 0 Å². The molecule has 3 aromatic carbocycles. The van der Waals surface area contributed by atoms with Gasteiger partial charge in [0.2, 0.25) is 0 Å². The molecule has 0 spiro atoms. The van der Waals surface area contributed by atoms with Crippen LogP contribution in [0.15, 0.2) is 99.4 Å². The van der Waals surface area contributed by atoms with Crippen molar-refractivity contribution in [1.29, 1.82) is 0 Å². The lowest BCUT2D eigenvalue weighted by molar-refractivity contribution is -0.384. The van der Waals surface area contributed by atoms with Gasteiger partial charge in [-0.3, -0.25) is 19.5 Å². The first-order valence-corrected chi connectivity index (χ1v) is 13.2. The van der Waals surface area contributed by atoms with E-state index in [0.717, 1.165) is 47.2 Å². The first kappa shape index (κ1) is 24.8. The second-order valence-electron chi connectivity index (χ2n) is 9.43. The summed E-state index contributed by atoms with van der Waals surface area (Å²) in [6, 6.07) is 18.0. The van der Waals surface area contributed by atoms with Crippen LogP contribution in [0, 0.1) is 21.7 Å². The van der Waals surface area contributed by atoms with Crippen molar-refractivity contribution < 1.29 is 13.7 Å². The summed E-state index contributed by atoms with van der Waals surface area (Å²) in [4.78, 5) is 29.8. The molecule has 2 heterocycles. The van der Waals surface area contributed by atoms with Crippen molar-refractivity contribution >= 4 is 29.2 Å². The first-order chi connectivity index (χ1) is 18.9. The Hall–Kier alpha value is -4.50. The molecule has 1 aromatic heterocycles.